The maximum Gasteiger partial charge on any atom is 0.488 e. The molecule has 128 valence electrons. The number of anilines is 1. The molecule has 3 aromatic rings. The largest absolute Gasteiger partial charge is 0.488 e. The van der Waals surface area contributed by atoms with Crippen LogP contribution in [0.3, 0.4) is 0 Å². The average Bonchev–Trinajstić information content (AvgIpc) is 2.68. The number of rotatable bonds is 4. The zero-order valence-corrected chi connectivity index (χ0v) is 14.3. The molecule has 0 heterocycles. The van der Waals surface area contributed by atoms with Crippen molar-refractivity contribution in [2.75, 3.05) is 5.32 Å². The molecule has 0 saturated heterocycles. The van der Waals surface area contributed by atoms with Crippen molar-refractivity contribution in [3.05, 3.63) is 96.6 Å². The lowest BCUT2D eigenvalue weighted by Gasteiger charge is -2.35. The Hall–Kier alpha value is -2.82. The first-order valence-electron chi connectivity index (χ1n) is 8.75. The van der Waals surface area contributed by atoms with Crippen molar-refractivity contribution in [3.63, 3.8) is 0 Å². The first-order chi connectivity index (χ1) is 12.7. The van der Waals surface area contributed by atoms with E-state index in [-0.39, 0.29) is 5.54 Å². The minimum Gasteiger partial charge on any atom is -0.423 e. The van der Waals surface area contributed by atoms with Gasteiger partial charge in [-0.25, -0.2) is 0 Å². The molecule has 1 aliphatic rings. The van der Waals surface area contributed by atoms with E-state index in [0.29, 0.717) is 5.46 Å². The van der Waals surface area contributed by atoms with Crippen molar-refractivity contribution in [1.29, 1.82) is 0 Å². The number of fused-ring (bicyclic) bond motifs is 1. The lowest BCUT2D eigenvalue weighted by atomic mass is 9.79. The molecule has 3 nitrogen and oxygen atoms in total. The molecule has 1 aliphatic carbocycles. The maximum absolute atomic E-state index is 9.30. The van der Waals surface area contributed by atoms with Crippen molar-refractivity contribution in [3.8, 4) is 0 Å². The highest BCUT2D eigenvalue weighted by Gasteiger charge is 2.31. The van der Waals surface area contributed by atoms with Crippen molar-refractivity contribution >= 4 is 29.0 Å². The fraction of sp³-hybridized carbons (Fsp3) is 0.0909. The predicted octanol–water partition coefficient (Wildman–Crippen LogP) is 3.34. The van der Waals surface area contributed by atoms with Gasteiger partial charge in [-0.2, -0.15) is 0 Å². The summed E-state index contributed by atoms with van der Waals surface area (Å²) in [5.74, 6) is 0. The Morgan fingerprint density at radius 2 is 1.62 bits per heavy atom. The molecule has 26 heavy (non-hydrogen) atoms. The zero-order chi connectivity index (χ0) is 18.0. The Labute approximate surface area is 153 Å². The van der Waals surface area contributed by atoms with Crippen LogP contribution >= 0.6 is 0 Å². The second-order valence-corrected chi connectivity index (χ2v) is 6.61. The van der Waals surface area contributed by atoms with E-state index >= 15 is 0 Å². The van der Waals surface area contributed by atoms with Crippen LogP contribution in [0.1, 0.15) is 12.0 Å². The van der Waals surface area contributed by atoms with E-state index in [1.165, 1.54) is 16.3 Å². The Kier molecular flexibility index (Phi) is 4.37. The maximum atomic E-state index is 9.30. The minimum atomic E-state index is -1.45. The molecule has 0 fully saturated rings. The van der Waals surface area contributed by atoms with Gasteiger partial charge in [-0.1, -0.05) is 78.9 Å². The summed E-state index contributed by atoms with van der Waals surface area (Å²) in [5, 5.41) is 24.7. The van der Waals surface area contributed by atoms with Gasteiger partial charge in [-0.05, 0) is 40.4 Å². The van der Waals surface area contributed by atoms with Crippen LogP contribution in [0.5, 0.6) is 0 Å². The first kappa shape index (κ1) is 16.6. The highest BCUT2D eigenvalue weighted by atomic mass is 16.4. The molecule has 0 aromatic heterocycles. The summed E-state index contributed by atoms with van der Waals surface area (Å²) < 4.78 is 0. The van der Waals surface area contributed by atoms with Gasteiger partial charge in [0.2, 0.25) is 0 Å². The lowest BCUT2D eigenvalue weighted by Crippen LogP contribution is -2.34. The van der Waals surface area contributed by atoms with Crippen molar-refractivity contribution in [1.82, 2.24) is 0 Å². The van der Waals surface area contributed by atoms with Crippen LogP contribution < -0.4 is 10.8 Å². The third-order valence-electron chi connectivity index (χ3n) is 4.91. The summed E-state index contributed by atoms with van der Waals surface area (Å²) in [6.07, 6.45) is 9.34. The van der Waals surface area contributed by atoms with Gasteiger partial charge in [0.1, 0.15) is 0 Å². The van der Waals surface area contributed by atoms with Gasteiger partial charge in [0, 0.05) is 5.69 Å². The molecule has 0 radical (unpaired) electrons. The van der Waals surface area contributed by atoms with E-state index in [2.05, 4.69) is 72.1 Å². The predicted molar refractivity (Wildman–Crippen MR) is 108 cm³/mol. The van der Waals surface area contributed by atoms with Crippen LogP contribution in [0, 0.1) is 0 Å². The molecule has 4 rings (SSSR count). The molecule has 0 spiro atoms. The molecule has 3 aromatic carbocycles. The normalized spacial score (nSPS) is 18.8. The zero-order valence-electron chi connectivity index (χ0n) is 14.3. The number of allylic oxidation sites excluding steroid dienone is 2. The van der Waals surface area contributed by atoms with Crippen LogP contribution in [0.25, 0.3) is 10.8 Å². The molecular weight excluding hydrogens is 321 g/mol. The smallest absolute Gasteiger partial charge is 0.423 e. The standard InChI is InChI=1S/C22H20BNO2/c25-23(26)18-11-13-19(14-12-18)24-22(15-4-1-5-16-22)21-10-6-8-17-7-2-3-9-20(17)21/h1-15,24-26H,16H2. The van der Waals surface area contributed by atoms with Crippen molar-refractivity contribution in [2.45, 2.75) is 12.0 Å². The molecular formula is C22H20BNO2. The topological polar surface area (TPSA) is 52.5 Å². The summed E-state index contributed by atoms with van der Waals surface area (Å²) in [5.41, 5.74) is 2.29. The summed E-state index contributed by atoms with van der Waals surface area (Å²) in [6.45, 7) is 0. The molecule has 0 amide bonds. The van der Waals surface area contributed by atoms with E-state index in [9.17, 15) is 10.0 Å². The monoisotopic (exact) mass is 341 g/mol. The summed E-state index contributed by atoms with van der Waals surface area (Å²) in [4.78, 5) is 0. The molecule has 0 aliphatic heterocycles. The van der Waals surface area contributed by atoms with E-state index < -0.39 is 7.12 Å². The Balaban J connectivity index is 1.79. The fourth-order valence-corrected chi connectivity index (χ4v) is 3.59. The number of hydrogen-bond donors (Lipinski definition) is 3. The SMILES string of the molecule is OB(O)c1ccc(NC2(c3cccc4ccccc34)C=CC=CC2)cc1. The average molecular weight is 341 g/mol. The van der Waals surface area contributed by atoms with E-state index in [0.717, 1.165) is 12.1 Å². The Bertz CT molecular complexity index is 974. The van der Waals surface area contributed by atoms with Gasteiger partial charge in [-0.3, -0.25) is 0 Å². The van der Waals surface area contributed by atoms with Crippen LogP contribution in [0.2, 0.25) is 0 Å². The Morgan fingerprint density at radius 3 is 2.35 bits per heavy atom. The van der Waals surface area contributed by atoms with Gasteiger partial charge in [0.05, 0.1) is 5.54 Å². The molecule has 1 unspecified atom stereocenters. The second-order valence-electron chi connectivity index (χ2n) is 6.61. The van der Waals surface area contributed by atoms with Crippen LogP contribution in [0.15, 0.2) is 91.0 Å². The van der Waals surface area contributed by atoms with E-state index in [4.69, 9.17) is 0 Å². The molecule has 3 N–H and O–H groups in total. The first-order valence-corrected chi connectivity index (χ1v) is 8.75. The van der Waals surface area contributed by atoms with Gasteiger partial charge < -0.3 is 15.4 Å². The van der Waals surface area contributed by atoms with Gasteiger partial charge >= 0.3 is 7.12 Å². The number of hydrogen-bond acceptors (Lipinski definition) is 3. The summed E-state index contributed by atoms with van der Waals surface area (Å²) in [7, 11) is -1.45. The van der Waals surface area contributed by atoms with Crippen molar-refractivity contribution in [2.24, 2.45) is 0 Å². The lowest BCUT2D eigenvalue weighted by molar-refractivity contribution is 0.426. The quantitative estimate of drug-likeness (QED) is 0.638. The highest BCUT2D eigenvalue weighted by molar-refractivity contribution is 6.58. The van der Waals surface area contributed by atoms with Crippen LogP contribution in [0.4, 0.5) is 5.69 Å². The van der Waals surface area contributed by atoms with Gasteiger partial charge in [-0.15, -0.1) is 0 Å². The summed E-state index contributed by atoms with van der Waals surface area (Å²) >= 11 is 0. The highest BCUT2D eigenvalue weighted by Crippen LogP contribution is 2.37. The molecule has 0 bridgehead atoms. The third kappa shape index (κ3) is 3.05. The second kappa shape index (κ2) is 6.83. The minimum absolute atomic E-state index is 0.352. The van der Waals surface area contributed by atoms with E-state index in [1.54, 1.807) is 12.1 Å². The fourth-order valence-electron chi connectivity index (χ4n) is 3.59. The van der Waals surface area contributed by atoms with Crippen molar-refractivity contribution < 1.29 is 10.0 Å². The summed E-state index contributed by atoms with van der Waals surface area (Å²) in [6, 6.07) is 22.0. The Morgan fingerprint density at radius 1 is 0.846 bits per heavy atom. The number of benzene rings is 3. The van der Waals surface area contributed by atoms with Crippen LogP contribution in [-0.2, 0) is 5.54 Å². The van der Waals surface area contributed by atoms with Crippen LogP contribution in [-0.4, -0.2) is 17.2 Å². The van der Waals surface area contributed by atoms with Gasteiger partial charge in [0.15, 0.2) is 0 Å². The molecule has 0 saturated carbocycles. The van der Waals surface area contributed by atoms with E-state index in [1.807, 2.05) is 12.1 Å². The van der Waals surface area contributed by atoms with Gasteiger partial charge in [0.25, 0.3) is 0 Å². The number of nitrogens with one attached hydrogen (secondary N) is 1. The third-order valence-corrected chi connectivity index (χ3v) is 4.91. The molecule has 4 heteroatoms. The molecule has 1 atom stereocenters.